The van der Waals surface area contributed by atoms with Gasteiger partial charge in [-0.2, -0.15) is 0 Å². The van der Waals surface area contributed by atoms with Crippen molar-refractivity contribution in [1.82, 2.24) is 0 Å². The summed E-state index contributed by atoms with van der Waals surface area (Å²) in [6, 6.07) is 0. The smallest absolute Gasteiger partial charge is 0.231 e. The van der Waals surface area contributed by atoms with E-state index in [1.165, 1.54) is 5.57 Å². The number of aliphatic hydroxyl groups is 3. The summed E-state index contributed by atoms with van der Waals surface area (Å²) in [6.45, 7) is 14.0. The number of Topliss-reactive ketones (excluding diaryl/α,β-unsaturated/α-hetero) is 1. The van der Waals surface area contributed by atoms with E-state index in [1.54, 1.807) is 13.0 Å². The Hall–Kier alpha value is -1.89. The maximum absolute atomic E-state index is 13.0. The molecule has 0 spiro atoms. The molecule has 6 heteroatoms. The zero-order valence-corrected chi connectivity index (χ0v) is 22.2. The normalized spacial score (nSPS) is 44.5. The molecule has 1 aliphatic carbocycles. The molecule has 194 valence electrons. The third-order valence-corrected chi connectivity index (χ3v) is 8.66. The van der Waals surface area contributed by atoms with Crippen LogP contribution in [0.5, 0.6) is 0 Å². The van der Waals surface area contributed by atoms with E-state index in [-0.39, 0.29) is 35.2 Å². The van der Waals surface area contributed by atoms with Gasteiger partial charge in [0.2, 0.25) is 11.6 Å². The van der Waals surface area contributed by atoms with E-state index >= 15 is 0 Å². The van der Waals surface area contributed by atoms with Crippen molar-refractivity contribution in [2.45, 2.75) is 98.2 Å². The molecule has 0 saturated carbocycles. The topological polar surface area (TPSA) is 96.2 Å². The highest BCUT2D eigenvalue weighted by Crippen LogP contribution is 2.49. The van der Waals surface area contributed by atoms with Crippen LogP contribution < -0.4 is 0 Å². The van der Waals surface area contributed by atoms with Gasteiger partial charge < -0.3 is 24.8 Å². The predicted molar refractivity (Wildman–Crippen MR) is 134 cm³/mol. The average molecular weight is 493 g/mol. The fraction of sp³-hybridized carbons (Fsp3) is 0.690. The third kappa shape index (κ3) is 4.65. The Labute approximate surface area is 209 Å². The van der Waals surface area contributed by atoms with E-state index in [4.69, 9.17) is 9.47 Å². The Kier molecular flexibility index (Phi) is 7.13. The van der Waals surface area contributed by atoms with Crippen LogP contribution in [0, 0.1) is 29.6 Å². The molecule has 0 aromatic rings. The summed E-state index contributed by atoms with van der Waals surface area (Å²) in [5, 5.41) is 33.8. The van der Waals surface area contributed by atoms with Gasteiger partial charge >= 0.3 is 0 Å². The van der Waals surface area contributed by atoms with Crippen LogP contribution in [0.1, 0.15) is 74.1 Å². The summed E-state index contributed by atoms with van der Waals surface area (Å²) >= 11 is 0. The highest BCUT2D eigenvalue weighted by Gasteiger charge is 2.51. The lowest BCUT2D eigenvalue weighted by atomic mass is 9.88. The minimum atomic E-state index is -1.60. The molecule has 3 heterocycles. The number of rotatable bonds is 0. The van der Waals surface area contributed by atoms with Crippen molar-refractivity contribution in [3.05, 3.63) is 46.0 Å². The quantitative estimate of drug-likeness (QED) is 0.321. The molecule has 3 N–H and O–H groups in total. The first-order valence-corrected chi connectivity index (χ1v) is 13.2. The van der Waals surface area contributed by atoms with E-state index in [0.717, 1.165) is 25.7 Å². The number of fused-ring (bicyclic) bond motifs is 4. The number of hydrogen-bond acceptors (Lipinski definition) is 6. The Morgan fingerprint density at radius 3 is 2.43 bits per heavy atom. The van der Waals surface area contributed by atoms with Crippen LogP contribution in [0.15, 0.2) is 46.0 Å². The van der Waals surface area contributed by atoms with Crippen molar-refractivity contribution in [3.8, 4) is 0 Å². The summed E-state index contributed by atoms with van der Waals surface area (Å²) in [7, 11) is 0. The van der Waals surface area contributed by atoms with Gasteiger partial charge in [-0.3, -0.25) is 4.79 Å². The SMILES string of the molecule is C/C1=C\[C@@H](C)C[13CH2][C@H]2O[13C@@H](C3=[13C](O)C(=O)[13C](C)=C4O[C@](O)([13CH]=[13C]43)[C@@H](C)C[C@H](C)C1)[C@H](C)[C@@H](O)[C@H]2C. The summed E-state index contributed by atoms with van der Waals surface area (Å²) < 4.78 is 12.7. The average Bonchev–Trinajstić information content (AvgIpc) is 3.14. The van der Waals surface area contributed by atoms with Gasteiger partial charge in [-0.1, -0.05) is 46.3 Å². The summed E-state index contributed by atoms with van der Waals surface area (Å²) in [4.78, 5) is 13.0. The first-order chi connectivity index (χ1) is 16.3. The molecule has 6 nitrogen and oxygen atoms in total. The Balaban J connectivity index is 1.83. The van der Waals surface area contributed by atoms with Crippen LogP contribution in [0.25, 0.3) is 0 Å². The van der Waals surface area contributed by atoms with Crippen molar-refractivity contribution in [3.63, 3.8) is 0 Å². The Morgan fingerprint density at radius 1 is 1.06 bits per heavy atom. The molecule has 0 aromatic carbocycles. The molecule has 3 aliphatic heterocycles. The lowest BCUT2D eigenvalue weighted by Crippen LogP contribution is -2.50. The molecule has 0 radical (unpaired) electrons. The minimum absolute atomic E-state index is 0.0815. The fourth-order valence-corrected chi connectivity index (χ4v) is 6.51. The molecule has 35 heavy (non-hydrogen) atoms. The monoisotopic (exact) mass is 492 g/mol. The van der Waals surface area contributed by atoms with Crippen LogP contribution >= 0.6 is 0 Å². The number of ether oxygens (including phenoxy) is 2. The van der Waals surface area contributed by atoms with Gasteiger partial charge in [-0.15, -0.1) is 0 Å². The molecule has 9 atom stereocenters. The number of hydrogen-bond donors (Lipinski definition) is 3. The second-order valence-electron chi connectivity index (χ2n) is 11.8. The molecule has 0 amide bonds. The van der Waals surface area contributed by atoms with E-state index < -0.39 is 23.8 Å². The molecule has 0 aromatic heterocycles. The van der Waals surface area contributed by atoms with Crippen LogP contribution in [0.3, 0.4) is 0 Å². The summed E-state index contributed by atoms with van der Waals surface area (Å²) in [6.07, 6.45) is 5.76. The number of ketones is 1. The van der Waals surface area contributed by atoms with Gasteiger partial charge in [0.15, 0.2) is 5.76 Å². The first-order valence-electron chi connectivity index (χ1n) is 13.2. The maximum atomic E-state index is 13.0. The van der Waals surface area contributed by atoms with Crippen LogP contribution in [0.2, 0.25) is 0 Å². The Morgan fingerprint density at radius 2 is 1.74 bits per heavy atom. The van der Waals surface area contributed by atoms with Crippen LogP contribution in [-0.2, 0) is 14.3 Å². The second kappa shape index (κ2) is 9.53. The van der Waals surface area contributed by atoms with E-state index in [1.807, 2.05) is 20.8 Å². The standard InChI is InChI=1S/C29H42O6/c1-14-8-9-22-18(5)24(30)19(6)28(34-22)23-21-13-29(33,17(4)12-16(3)11-15(2)10-14)35-27(21)20(7)25(31)26(23)32/h10,13-14,16-19,22,24,28,30,32-33H,8-9,11-12H2,1-7H3/b15-10+/t14-,16+,17-,18-,19+,22+,24-,28+,29+/m0/s1/i9+1,13+1,20+1,21+1,26+1,28+1. The zero-order valence-electron chi connectivity index (χ0n) is 22.2. The molecule has 1 saturated heterocycles. The number of carbonyl (C=O) groups is 1. The largest absolute Gasteiger partial charge is 0.504 e. The molecular formula is C29H42O6. The summed E-state index contributed by atoms with van der Waals surface area (Å²) in [5.74, 6) is -2.16. The van der Waals surface area contributed by atoms with Gasteiger partial charge in [0.05, 0.1) is 18.3 Å². The maximum Gasteiger partial charge on any atom is 0.231 e. The van der Waals surface area contributed by atoms with Crippen molar-refractivity contribution < 1.29 is 29.6 Å². The predicted octanol–water partition coefficient (Wildman–Crippen LogP) is 5.13. The van der Waals surface area contributed by atoms with Gasteiger partial charge in [-0.05, 0) is 57.4 Å². The highest BCUT2D eigenvalue weighted by molar-refractivity contribution is 6.10. The van der Waals surface area contributed by atoms with E-state index in [2.05, 4.69) is 26.8 Å². The molecule has 1 fully saturated rings. The lowest BCUT2D eigenvalue weighted by Gasteiger charge is -2.44. The number of carbonyl (C=O) groups excluding carboxylic acids is 1. The third-order valence-electron chi connectivity index (χ3n) is 8.66. The van der Waals surface area contributed by atoms with Gasteiger partial charge in [0.25, 0.3) is 0 Å². The minimum Gasteiger partial charge on any atom is -0.504 e. The summed E-state index contributed by atoms with van der Waals surface area (Å²) in [5.41, 5.74) is 2.44. The first kappa shape index (κ1) is 26.2. The number of aliphatic hydroxyl groups excluding tert-OH is 2. The molecule has 4 aliphatic rings. The van der Waals surface area contributed by atoms with Crippen LogP contribution in [0.4, 0.5) is 0 Å². The van der Waals surface area contributed by atoms with Crippen LogP contribution in [-0.4, -0.2) is 45.2 Å². The second-order valence-corrected chi connectivity index (χ2v) is 11.8. The molecule has 4 bridgehead atoms. The van der Waals surface area contributed by atoms with Crippen molar-refractivity contribution in [2.24, 2.45) is 29.6 Å². The van der Waals surface area contributed by atoms with Crippen molar-refractivity contribution in [2.75, 3.05) is 0 Å². The van der Waals surface area contributed by atoms with E-state index in [0.29, 0.717) is 28.7 Å². The van der Waals surface area contributed by atoms with Crippen molar-refractivity contribution in [1.29, 1.82) is 0 Å². The van der Waals surface area contributed by atoms with Gasteiger partial charge in [0.1, 0.15) is 5.76 Å². The molecule has 0 unspecified atom stereocenters. The zero-order chi connectivity index (χ0) is 25.8. The number of allylic oxidation sites excluding steroid dienone is 4. The highest BCUT2D eigenvalue weighted by atomic mass is 16.6. The fourth-order valence-electron chi connectivity index (χ4n) is 6.51. The Bertz CT molecular complexity index is 1000. The van der Waals surface area contributed by atoms with Gasteiger partial charge in [0, 0.05) is 34.5 Å². The molecular weight excluding hydrogens is 450 g/mol. The van der Waals surface area contributed by atoms with E-state index in [9.17, 15) is 20.1 Å². The van der Waals surface area contributed by atoms with Crippen molar-refractivity contribution >= 4 is 5.78 Å². The lowest BCUT2D eigenvalue weighted by molar-refractivity contribution is -0.164. The van der Waals surface area contributed by atoms with Gasteiger partial charge in [-0.25, -0.2) is 0 Å². The molecule has 4 rings (SSSR count).